The van der Waals surface area contributed by atoms with Crippen molar-refractivity contribution in [2.24, 2.45) is 5.41 Å². The van der Waals surface area contributed by atoms with Gasteiger partial charge in [0.2, 0.25) is 0 Å². The van der Waals surface area contributed by atoms with Gasteiger partial charge in [-0.3, -0.25) is 4.79 Å². The minimum Gasteiger partial charge on any atom is -0.406 e. The largest absolute Gasteiger partial charge is 0.573 e. The van der Waals surface area contributed by atoms with E-state index in [1.54, 1.807) is 24.3 Å². The van der Waals surface area contributed by atoms with Crippen LogP contribution in [0.4, 0.5) is 13.2 Å². The second-order valence-corrected chi connectivity index (χ2v) is 8.87. The second kappa shape index (κ2) is 8.65. The van der Waals surface area contributed by atoms with E-state index in [1.165, 1.54) is 30.0 Å². The van der Waals surface area contributed by atoms with Crippen molar-refractivity contribution in [3.63, 3.8) is 0 Å². The van der Waals surface area contributed by atoms with E-state index in [1.807, 2.05) is 4.90 Å². The number of thioether (sulfide) groups is 1. The number of nitrogens with zero attached hydrogens (tertiary/aromatic N) is 2. The lowest BCUT2D eigenvalue weighted by Gasteiger charge is -2.37. The van der Waals surface area contributed by atoms with Crippen LogP contribution in [0.15, 0.2) is 47.4 Å². The first-order chi connectivity index (χ1) is 13.6. The SMILES string of the molecule is CC1(C)CCCN(C(=O)c2cccc(CSc3cccc(OC(F)(F)F)c3)n2)C1. The third-order valence-corrected chi connectivity index (χ3v) is 5.67. The first kappa shape index (κ1) is 21.5. The molecule has 0 aliphatic carbocycles. The molecule has 156 valence electrons. The van der Waals surface area contributed by atoms with Gasteiger partial charge in [-0.25, -0.2) is 4.98 Å². The van der Waals surface area contributed by atoms with Gasteiger partial charge in [0.15, 0.2) is 0 Å². The van der Waals surface area contributed by atoms with Crippen LogP contribution in [-0.4, -0.2) is 35.2 Å². The summed E-state index contributed by atoms with van der Waals surface area (Å²) in [5.74, 6) is 0.0968. The first-order valence-electron chi connectivity index (χ1n) is 9.35. The number of carbonyl (C=O) groups excluding carboxylic acids is 1. The van der Waals surface area contributed by atoms with Gasteiger partial charge in [0.05, 0.1) is 5.69 Å². The molecule has 0 spiro atoms. The summed E-state index contributed by atoms with van der Waals surface area (Å²) in [6.45, 7) is 5.75. The van der Waals surface area contributed by atoms with Crippen molar-refractivity contribution in [2.45, 2.75) is 43.7 Å². The smallest absolute Gasteiger partial charge is 0.406 e. The molecule has 29 heavy (non-hydrogen) atoms. The number of piperidine rings is 1. The normalized spacial score (nSPS) is 16.5. The summed E-state index contributed by atoms with van der Waals surface area (Å²) < 4.78 is 41.1. The van der Waals surface area contributed by atoms with Gasteiger partial charge < -0.3 is 9.64 Å². The lowest BCUT2D eigenvalue weighted by molar-refractivity contribution is -0.274. The molecule has 0 unspecified atom stereocenters. The number of pyridine rings is 1. The molecule has 1 aromatic heterocycles. The molecule has 0 bridgehead atoms. The molecule has 1 aliphatic heterocycles. The molecular weight excluding hydrogens is 401 g/mol. The Morgan fingerprint density at radius 1 is 1.24 bits per heavy atom. The highest BCUT2D eigenvalue weighted by molar-refractivity contribution is 7.98. The Hall–Kier alpha value is -2.22. The highest BCUT2D eigenvalue weighted by Gasteiger charge is 2.31. The van der Waals surface area contributed by atoms with E-state index in [2.05, 4.69) is 23.6 Å². The van der Waals surface area contributed by atoms with Crippen molar-refractivity contribution in [1.82, 2.24) is 9.88 Å². The number of benzene rings is 1. The fourth-order valence-corrected chi connectivity index (χ4v) is 4.21. The van der Waals surface area contributed by atoms with Gasteiger partial charge in [-0.2, -0.15) is 0 Å². The Balaban J connectivity index is 1.65. The zero-order valence-corrected chi connectivity index (χ0v) is 17.1. The number of aromatic nitrogens is 1. The van der Waals surface area contributed by atoms with Gasteiger partial charge in [-0.05, 0) is 48.6 Å². The Morgan fingerprint density at radius 3 is 2.72 bits per heavy atom. The molecule has 8 heteroatoms. The van der Waals surface area contributed by atoms with Crippen LogP contribution >= 0.6 is 11.8 Å². The molecule has 1 saturated heterocycles. The van der Waals surface area contributed by atoms with Crippen molar-refractivity contribution in [1.29, 1.82) is 0 Å². The van der Waals surface area contributed by atoms with Crippen LogP contribution in [0.5, 0.6) is 5.75 Å². The summed E-state index contributed by atoms with van der Waals surface area (Å²) in [7, 11) is 0. The van der Waals surface area contributed by atoms with Gasteiger partial charge >= 0.3 is 6.36 Å². The van der Waals surface area contributed by atoms with E-state index in [0.29, 0.717) is 28.6 Å². The maximum Gasteiger partial charge on any atom is 0.573 e. The van der Waals surface area contributed by atoms with Crippen LogP contribution in [0.3, 0.4) is 0 Å². The van der Waals surface area contributed by atoms with E-state index in [9.17, 15) is 18.0 Å². The van der Waals surface area contributed by atoms with E-state index >= 15 is 0 Å². The van der Waals surface area contributed by atoms with Crippen molar-refractivity contribution in [3.8, 4) is 5.75 Å². The van der Waals surface area contributed by atoms with Crippen LogP contribution in [0.1, 0.15) is 42.9 Å². The molecule has 1 aliphatic rings. The molecular formula is C21H23F3N2O2S. The van der Waals surface area contributed by atoms with Crippen molar-refractivity contribution < 1.29 is 22.7 Å². The van der Waals surface area contributed by atoms with Crippen molar-refractivity contribution in [3.05, 3.63) is 53.9 Å². The summed E-state index contributed by atoms with van der Waals surface area (Å²) in [5.41, 5.74) is 1.19. The number of halogens is 3. The topological polar surface area (TPSA) is 42.4 Å². The Labute approximate surface area is 172 Å². The number of hydrogen-bond acceptors (Lipinski definition) is 4. The van der Waals surface area contributed by atoms with Crippen molar-refractivity contribution >= 4 is 17.7 Å². The summed E-state index contributed by atoms with van der Waals surface area (Å²) in [6, 6.07) is 11.1. The number of rotatable bonds is 5. The molecule has 1 aromatic carbocycles. The van der Waals surface area contributed by atoms with Crippen molar-refractivity contribution in [2.75, 3.05) is 13.1 Å². The zero-order valence-electron chi connectivity index (χ0n) is 16.3. The predicted octanol–water partition coefficient (Wildman–Crippen LogP) is 5.53. The van der Waals surface area contributed by atoms with Crippen LogP contribution in [0.25, 0.3) is 0 Å². The number of alkyl halides is 3. The summed E-state index contributed by atoms with van der Waals surface area (Å²) in [6.07, 6.45) is -2.65. The van der Waals surface area contributed by atoms with E-state index in [4.69, 9.17) is 0 Å². The molecule has 1 fully saturated rings. The average molecular weight is 424 g/mol. The number of hydrogen-bond donors (Lipinski definition) is 0. The number of ether oxygens (including phenoxy) is 1. The maximum atomic E-state index is 12.8. The lowest BCUT2D eigenvalue weighted by atomic mass is 9.84. The fourth-order valence-electron chi connectivity index (χ4n) is 3.36. The highest BCUT2D eigenvalue weighted by Crippen LogP contribution is 2.30. The minimum absolute atomic E-state index is 0.0785. The molecule has 0 atom stereocenters. The molecule has 0 N–H and O–H groups in total. The summed E-state index contributed by atoms with van der Waals surface area (Å²) >= 11 is 1.33. The molecule has 1 amide bonds. The molecule has 3 rings (SSSR count). The molecule has 2 heterocycles. The Bertz CT molecular complexity index is 871. The number of carbonyl (C=O) groups is 1. The Kier molecular flexibility index (Phi) is 6.41. The third-order valence-electron chi connectivity index (χ3n) is 4.64. The monoisotopic (exact) mass is 424 g/mol. The Morgan fingerprint density at radius 2 is 2.00 bits per heavy atom. The van der Waals surface area contributed by atoms with Crippen LogP contribution in [-0.2, 0) is 5.75 Å². The number of likely N-dealkylation sites (tertiary alicyclic amines) is 1. The van der Waals surface area contributed by atoms with E-state index in [-0.39, 0.29) is 17.1 Å². The summed E-state index contributed by atoms with van der Waals surface area (Å²) in [4.78, 5) is 19.8. The highest BCUT2D eigenvalue weighted by atomic mass is 32.2. The zero-order chi connectivity index (χ0) is 21.1. The van der Waals surface area contributed by atoms with Crippen LogP contribution in [0.2, 0.25) is 0 Å². The van der Waals surface area contributed by atoms with Crippen LogP contribution < -0.4 is 4.74 Å². The van der Waals surface area contributed by atoms with Gasteiger partial charge in [0.1, 0.15) is 11.4 Å². The van der Waals surface area contributed by atoms with Gasteiger partial charge in [-0.15, -0.1) is 24.9 Å². The first-order valence-corrected chi connectivity index (χ1v) is 10.3. The predicted molar refractivity (Wildman–Crippen MR) is 106 cm³/mol. The van der Waals surface area contributed by atoms with Crippen LogP contribution in [0, 0.1) is 5.41 Å². The lowest BCUT2D eigenvalue weighted by Crippen LogP contribution is -2.43. The quantitative estimate of drug-likeness (QED) is 0.592. The molecule has 0 radical (unpaired) electrons. The number of amides is 1. The molecule has 0 saturated carbocycles. The minimum atomic E-state index is -4.72. The van der Waals surface area contributed by atoms with E-state index < -0.39 is 6.36 Å². The maximum absolute atomic E-state index is 12.8. The van der Waals surface area contributed by atoms with Gasteiger partial charge in [-0.1, -0.05) is 26.0 Å². The summed E-state index contributed by atoms with van der Waals surface area (Å²) in [5, 5.41) is 0. The second-order valence-electron chi connectivity index (χ2n) is 7.82. The van der Waals surface area contributed by atoms with Gasteiger partial charge in [0, 0.05) is 23.7 Å². The fraction of sp³-hybridized carbons (Fsp3) is 0.429. The molecule has 4 nitrogen and oxygen atoms in total. The van der Waals surface area contributed by atoms with Gasteiger partial charge in [0.25, 0.3) is 5.91 Å². The average Bonchev–Trinajstić information content (AvgIpc) is 2.64. The third kappa shape index (κ3) is 6.39. The van der Waals surface area contributed by atoms with E-state index in [0.717, 1.165) is 19.4 Å². The standard InChI is InChI=1S/C21H23F3N2O2S/c1-20(2)10-5-11-26(14-20)19(27)18-9-3-6-15(25-18)13-29-17-8-4-7-16(12-17)28-21(22,23)24/h3-4,6-9,12H,5,10-11,13-14H2,1-2H3. The molecule has 2 aromatic rings.